The molecule has 0 N–H and O–H groups in total. The molecule has 0 saturated heterocycles. The van der Waals surface area contributed by atoms with Gasteiger partial charge in [-0.2, -0.15) is 0 Å². The molecule has 0 fully saturated rings. The first kappa shape index (κ1) is 19.5. The summed E-state index contributed by atoms with van der Waals surface area (Å²) in [7, 11) is 0. The van der Waals surface area contributed by atoms with Gasteiger partial charge in [-0.25, -0.2) is 0 Å². The first-order valence-electron chi connectivity index (χ1n) is 9.10. The molecular formula is C20H33FGe. The first-order valence-corrected chi connectivity index (χ1v) is 14.8. The summed E-state index contributed by atoms with van der Waals surface area (Å²) in [5.41, 5.74) is 1.15. The Morgan fingerprint density at radius 1 is 0.818 bits per heavy atom. The molecule has 0 amide bonds. The molecule has 2 heteroatoms. The third-order valence-corrected chi connectivity index (χ3v) is 14.9. The van der Waals surface area contributed by atoms with Crippen molar-refractivity contribution in [1.29, 1.82) is 0 Å². The Kier molecular flexibility index (Phi) is 9.78. The van der Waals surface area contributed by atoms with Crippen molar-refractivity contribution in [2.45, 2.75) is 75.1 Å². The summed E-state index contributed by atoms with van der Waals surface area (Å²) in [6.45, 7) is 6.91. The molecule has 0 spiro atoms. The molecule has 0 aromatic heterocycles. The van der Waals surface area contributed by atoms with Gasteiger partial charge in [-0.15, -0.1) is 0 Å². The fourth-order valence-corrected chi connectivity index (χ4v) is 13.5. The van der Waals surface area contributed by atoms with E-state index >= 15 is 0 Å². The van der Waals surface area contributed by atoms with Gasteiger partial charge in [0, 0.05) is 0 Å². The van der Waals surface area contributed by atoms with Crippen LogP contribution >= 0.6 is 0 Å². The Bertz CT molecular complexity index is 400. The number of benzene rings is 1. The predicted molar refractivity (Wildman–Crippen MR) is 100 cm³/mol. The van der Waals surface area contributed by atoms with E-state index in [1.165, 1.54) is 54.3 Å². The monoisotopic (exact) mass is 366 g/mol. The number of hydrogen-bond donors (Lipinski definition) is 0. The van der Waals surface area contributed by atoms with Gasteiger partial charge in [-0.05, 0) is 0 Å². The summed E-state index contributed by atoms with van der Waals surface area (Å²) < 4.78 is 13.0. The van der Waals surface area contributed by atoms with E-state index in [9.17, 15) is 4.39 Å². The van der Waals surface area contributed by atoms with Gasteiger partial charge in [-0.3, -0.25) is 0 Å². The Labute approximate surface area is 139 Å². The van der Waals surface area contributed by atoms with E-state index in [1.807, 2.05) is 12.1 Å². The predicted octanol–water partition coefficient (Wildman–Crippen LogP) is 7.23. The molecule has 1 aromatic rings. The maximum absolute atomic E-state index is 13.0. The first-order chi connectivity index (χ1) is 10.7. The normalized spacial score (nSPS) is 12.2. The van der Waals surface area contributed by atoms with Crippen molar-refractivity contribution in [1.82, 2.24) is 0 Å². The number of hydrogen-bond acceptors (Lipinski definition) is 0. The average Bonchev–Trinajstić information content (AvgIpc) is 2.55. The Balaban J connectivity index is 2.90. The van der Waals surface area contributed by atoms with E-state index in [0.717, 1.165) is 5.56 Å². The van der Waals surface area contributed by atoms with E-state index in [1.54, 1.807) is 12.1 Å². The van der Waals surface area contributed by atoms with Crippen molar-refractivity contribution in [3.05, 3.63) is 40.6 Å². The fraction of sp³-hybridized carbons (Fsp3) is 0.600. The summed E-state index contributed by atoms with van der Waals surface area (Å²) in [6.07, 6.45) is 10.3. The molecule has 0 unspecified atom stereocenters. The van der Waals surface area contributed by atoms with Crippen molar-refractivity contribution < 1.29 is 4.39 Å². The summed E-state index contributed by atoms with van der Waals surface area (Å²) in [5.74, 6) is -0.145. The van der Waals surface area contributed by atoms with Crippen molar-refractivity contribution >= 4 is 19.3 Å². The van der Waals surface area contributed by atoms with Crippen LogP contribution in [0, 0.1) is 5.82 Å². The van der Waals surface area contributed by atoms with E-state index in [4.69, 9.17) is 0 Å². The van der Waals surface area contributed by atoms with Gasteiger partial charge < -0.3 is 0 Å². The van der Waals surface area contributed by atoms with Gasteiger partial charge in [0.15, 0.2) is 0 Å². The molecule has 0 radical (unpaired) electrons. The Hall–Kier alpha value is -0.567. The zero-order valence-electron chi connectivity index (χ0n) is 14.7. The quantitative estimate of drug-likeness (QED) is 0.363. The molecule has 22 heavy (non-hydrogen) atoms. The molecule has 0 aliphatic heterocycles. The summed E-state index contributed by atoms with van der Waals surface area (Å²) >= 11 is -1.91. The van der Waals surface area contributed by atoms with Crippen LogP contribution in [-0.2, 0) is 0 Å². The van der Waals surface area contributed by atoms with Crippen molar-refractivity contribution in [3.8, 4) is 0 Å². The van der Waals surface area contributed by atoms with Gasteiger partial charge in [0.1, 0.15) is 0 Å². The van der Waals surface area contributed by atoms with Crippen LogP contribution in [0.15, 0.2) is 29.2 Å². The third-order valence-electron chi connectivity index (χ3n) is 4.58. The van der Waals surface area contributed by atoms with Gasteiger partial charge >= 0.3 is 139 Å². The molecule has 0 aliphatic carbocycles. The summed E-state index contributed by atoms with van der Waals surface area (Å²) in [4.78, 5) is 2.62. The van der Waals surface area contributed by atoms with E-state index < -0.39 is 13.3 Å². The fourth-order valence-electron chi connectivity index (χ4n) is 3.06. The number of unbranched alkanes of at least 4 members (excludes halogenated alkanes) is 3. The van der Waals surface area contributed by atoms with Crippen molar-refractivity contribution in [3.63, 3.8) is 0 Å². The number of halogens is 1. The van der Waals surface area contributed by atoms with Gasteiger partial charge in [-0.1, -0.05) is 0 Å². The molecule has 0 atom stereocenters. The standard InChI is InChI=1S/C20H33FGe/c1-4-7-15-22(16-8-5-2,17-9-6-3)18-14-19-10-12-20(21)13-11-19/h10-14,18H,4-9,15-17H2,1-3H3/b18-14+. The third kappa shape index (κ3) is 7.13. The molecule has 124 valence electrons. The van der Waals surface area contributed by atoms with Gasteiger partial charge in [0.25, 0.3) is 0 Å². The molecule has 0 bridgehead atoms. The van der Waals surface area contributed by atoms with E-state index in [0.29, 0.717) is 0 Å². The van der Waals surface area contributed by atoms with Gasteiger partial charge in [0.2, 0.25) is 0 Å². The van der Waals surface area contributed by atoms with Crippen LogP contribution < -0.4 is 0 Å². The van der Waals surface area contributed by atoms with Crippen LogP contribution in [0.4, 0.5) is 4.39 Å². The maximum atomic E-state index is 13.0. The van der Waals surface area contributed by atoms with Crippen LogP contribution in [-0.4, -0.2) is 13.3 Å². The van der Waals surface area contributed by atoms with Gasteiger partial charge in [0.05, 0.1) is 0 Å². The molecule has 0 aliphatic rings. The second-order valence-corrected chi connectivity index (χ2v) is 16.1. The van der Waals surface area contributed by atoms with Crippen LogP contribution in [0.2, 0.25) is 15.8 Å². The Morgan fingerprint density at radius 3 is 1.68 bits per heavy atom. The minimum atomic E-state index is -1.91. The zero-order valence-corrected chi connectivity index (χ0v) is 16.8. The zero-order chi connectivity index (χ0) is 16.3. The number of rotatable bonds is 11. The molecule has 0 heterocycles. The van der Waals surface area contributed by atoms with E-state index in [2.05, 4.69) is 31.8 Å². The second-order valence-electron chi connectivity index (χ2n) is 6.56. The molecule has 1 aromatic carbocycles. The Morgan fingerprint density at radius 2 is 1.27 bits per heavy atom. The van der Waals surface area contributed by atoms with Crippen LogP contribution in [0.25, 0.3) is 6.08 Å². The SMILES string of the molecule is CCC[CH2][Ge](/[CH]=C/c1ccc(F)cc1)([CH2]CCC)[CH2]CCC. The topological polar surface area (TPSA) is 0 Å². The second kappa shape index (κ2) is 11.0. The molecule has 0 nitrogen and oxygen atoms in total. The summed E-state index contributed by atoms with van der Waals surface area (Å²) in [5, 5.41) is 4.40. The van der Waals surface area contributed by atoms with Crippen LogP contribution in [0.5, 0.6) is 0 Å². The van der Waals surface area contributed by atoms with Crippen LogP contribution in [0.1, 0.15) is 64.9 Å². The van der Waals surface area contributed by atoms with Crippen LogP contribution in [0.3, 0.4) is 0 Å². The van der Waals surface area contributed by atoms with Crippen molar-refractivity contribution in [2.24, 2.45) is 0 Å². The average molecular weight is 365 g/mol. The van der Waals surface area contributed by atoms with Crippen molar-refractivity contribution in [2.75, 3.05) is 0 Å². The molecule has 0 saturated carbocycles. The van der Waals surface area contributed by atoms with E-state index in [-0.39, 0.29) is 5.82 Å². The molecular weight excluding hydrogens is 332 g/mol. The minimum absolute atomic E-state index is 0.145. The molecule has 1 rings (SSSR count). The summed E-state index contributed by atoms with van der Waals surface area (Å²) in [6, 6.07) is 6.94.